The molecule has 0 saturated carbocycles. The molecule has 0 spiro atoms. The van der Waals surface area contributed by atoms with Crippen molar-refractivity contribution in [2.24, 2.45) is 0 Å². The van der Waals surface area contributed by atoms with Crippen LogP contribution in [0.5, 0.6) is 5.75 Å². The van der Waals surface area contributed by atoms with Crippen molar-refractivity contribution in [2.75, 3.05) is 6.35 Å². The summed E-state index contributed by atoms with van der Waals surface area (Å²) in [6.07, 6.45) is -0.248. The van der Waals surface area contributed by atoms with Crippen molar-refractivity contribution < 1.29 is 18.6 Å². The topological polar surface area (TPSA) is 52.6 Å². The monoisotopic (exact) mass is 274 g/mol. The molecule has 0 bridgehead atoms. The van der Waals surface area contributed by atoms with Crippen molar-refractivity contribution in [3.05, 3.63) is 48.5 Å². The standard InChI is InChI=1S/C14H11O4P/c15-9-17-10-19(16)14-8-4-2-6-12(14)11-5-1-3-7-13(11)18-19/h1-9H,10H2. The van der Waals surface area contributed by atoms with Crippen molar-refractivity contribution in [1.29, 1.82) is 0 Å². The van der Waals surface area contributed by atoms with Crippen LogP contribution in [0, 0.1) is 0 Å². The highest BCUT2D eigenvalue weighted by atomic mass is 31.2. The lowest BCUT2D eigenvalue weighted by atomic mass is 10.0. The maximum Gasteiger partial charge on any atom is 0.314 e. The highest BCUT2D eigenvalue weighted by Gasteiger charge is 2.36. The normalized spacial score (nSPS) is 19.8. The number of rotatable bonds is 3. The Labute approximate surface area is 110 Å². The third-order valence-electron chi connectivity index (χ3n) is 3.01. The van der Waals surface area contributed by atoms with E-state index >= 15 is 0 Å². The Morgan fingerprint density at radius 2 is 1.74 bits per heavy atom. The average Bonchev–Trinajstić information content (AvgIpc) is 2.46. The highest BCUT2D eigenvalue weighted by Crippen LogP contribution is 2.54. The molecule has 3 rings (SSSR count). The Bertz CT molecular complexity index is 681. The van der Waals surface area contributed by atoms with Gasteiger partial charge in [-0.3, -0.25) is 9.36 Å². The van der Waals surface area contributed by atoms with Crippen molar-refractivity contribution in [3.63, 3.8) is 0 Å². The fraction of sp³-hybridized carbons (Fsp3) is 0.0714. The number of para-hydroxylation sites is 1. The lowest BCUT2D eigenvalue weighted by Crippen LogP contribution is -2.20. The van der Waals surface area contributed by atoms with E-state index in [1.165, 1.54) is 0 Å². The molecule has 0 N–H and O–H groups in total. The van der Waals surface area contributed by atoms with Gasteiger partial charge in [0.2, 0.25) is 0 Å². The van der Waals surface area contributed by atoms with E-state index in [-0.39, 0.29) is 12.8 Å². The molecule has 0 fully saturated rings. The van der Waals surface area contributed by atoms with Gasteiger partial charge in [-0.15, -0.1) is 0 Å². The Balaban J connectivity index is 2.19. The van der Waals surface area contributed by atoms with Crippen molar-refractivity contribution >= 4 is 19.1 Å². The molecule has 5 heteroatoms. The Hall–Kier alpha value is -2.06. The van der Waals surface area contributed by atoms with Crippen LogP contribution >= 0.6 is 7.37 Å². The molecular formula is C14H11O4P. The van der Waals surface area contributed by atoms with Gasteiger partial charge in [-0.25, -0.2) is 0 Å². The van der Waals surface area contributed by atoms with E-state index in [0.717, 1.165) is 11.1 Å². The Kier molecular flexibility index (Phi) is 2.88. The van der Waals surface area contributed by atoms with Crippen LogP contribution in [-0.4, -0.2) is 12.8 Å². The van der Waals surface area contributed by atoms with Crippen LogP contribution in [-0.2, 0) is 14.1 Å². The summed E-state index contributed by atoms with van der Waals surface area (Å²) < 4.78 is 23.2. The zero-order valence-electron chi connectivity index (χ0n) is 9.98. The molecule has 2 aromatic rings. The van der Waals surface area contributed by atoms with Crippen LogP contribution in [0.2, 0.25) is 0 Å². The predicted molar refractivity (Wildman–Crippen MR) is 71.8 cm³/mol. The summed E-state index contributed by atoms with van der Waals surface area (Å²) in [5.41, 5.74) is 1.76. The zero-order chi connectivity index (χ0) is 13.3. The number of hydrogen-bond donors (Lipinski definition) is 0. The van der Waals surface area contributed by atoms with Gasteiger partial charge in [-0.1, -0.05) is 36.4 Å². The van der Waals surface area contributed by atoms with Gasteiger partial charge in [0.1, 0.15) is 5.75 Å². The number of carbonyl (C=O) groups excluding carboxylic acids is 1. The third-order valence-corrected chi connectivity index (χ3v) is 5.11. The number of hydrogen-bond acceptors (Lipinski definition) is 4. The molecule has 4 nitrogen and oxygen atoms in total. The van der Waals surface area contributed by atoms with Crippen LogP contribution in [0.15, 0.2) is 48.5 Å². The molecule has 1 atom stereocenters. The molecular weight excluding hydrogens is 263 g/mol. The second-order valence-electron chi connectivity index (χ2n) is 4.17. The molecule has 2 aromatic carbocycles. The molecule has 0 aliphatic carbocycles. The first kappa shape index (κ1) is 12.0. The van der Waals surface area contributed by atoms with E-state index in [1.54, 1.807) is 18.2 Å². The van der Waals surface area contributed by atoms with E-state index in [1.807, 2.05) is 30.3 Å². The van der Waals surface area contributed by atoms with Gasteiger partial charge < -0.3 is 9.26 Å². The first-order valence-electron chi connectivity index (χ1n) is 5.77. The second kappa shape index (κ2) is 4.56. The lowest BCUT2D eigenvalue weighted by Gasteiger charge is -2.27. The van der Waals surface area contributed by atoms with Gasteiger partial charge in [-0.05, 0) is 17.7 Å². The minimum atomic E-state index is -3.21. The van der Waals surface area contributed by atoms with E-state index in [2.05, 4.69) is 4.74 Å². The van der Waals surface area contributed by atoms with Crippen LogP contribution < -0.4 is 9.83 Å². The fourth-order valence-electron chi connectivity index (χ4n) is 2.20. The minimum absolute atomic E-state index is 0.248. The summed E-state index contributed by atoms with van der Waals surface area (Å²) in [6.45, 7) is 0.284. The van der Waals surface area contributed by atoms with E-state index in [4.69, 9.17) is 4.52 Å². The molecule has 0 aromatic heterocycles. The molecule has 96 valence electrons. The van der Waals surface area contributed by atoms with Gasteiger partial charge in [0.25, 0.3) is 6.47 Å². The Morgan fingerprint density at radius 1 is 1.05 bits per heavy atom. The summed E-state index contributed by atoms with van der Waals surface area (Å²) in [4.78, 5) is 10.3. The van der Waals surface area contributed by atoms with Gasteiger partial charge in [-0.2, -0.15) is 0 Å². The van der Waals surface area contributed by atoms with E-state index in [0.29, 0.717) is 11.1 Å². The summed E-state index contributed by atoms with van der Waals surface area (Å²) in [5.74, 6) is 0.555. The SMILES string of the molecule is O=COCP1(=O)Oc2ccccc2-c2ccccc21. The number of fused-ring (bicyclic) bond motifs is 3. The van der Waals surface area contributed by atoms with Crippen LogP contribution in [0.1, 0.15) is 0 Å². The number of ether oxygens (including phenoxy) is 1. The summed E-state index contributed by atoms with van der Waals surface area (Å²) in [6, 6.07) is 14.7. The third kappa shape index (κ3) is 1.94. The number of carbonyl (C=O) groups is 1. The molecule has 19 heavy (non-hydrogen) atoms. The van der Waals surface area contributed by atoms with E-state index in [9.17, 15) is 9.36 Å². The van der Waals surface area contributed by atoms with Crippen LogP contribution in [0.4, 0.5) is 0 Å². The average molecular weight is 274 g/mol. The molecule has 0 amide bonds. The van der Waals surface area contributed by atoms with Crippen molar-refractivity contribution in [3.8, 4) is 16.9 Å². The van der Waals surface area contributed by atoms with Gasteiger partial charge in [0, 0.05) is 5.56 Å². The largest absolute Gasteiger partial charge is 0.456 e. The van der Waals surface area contributed by atoms with Crippen molar-refractivity contribution in [2.45, 2.75) is 0 Å². The fourth-order valence-corrected chi connectivity index (χ4v) is 4.10. The highest BCUT2D eigenvalue weighted by molar-refractivity contribution is 7.67. The molecule has 1 unspecified atom stereocenters. The summed E-state index contributed by atoms with van der Waals surface area (Å²) in [5, 5.41) is 0.593. The smallest absolute Gasteiger partial charge is 0.314 e. The van der Waals surface area contributed by atoms with Gasteiger partial charge >= 0.3 is 7.37 Å². The van der Waals surface area contributed by atoms with Gasteiger partial charge in [0.15, 0.2) is 6.35 Å². The van der Waals surface area contributed by atoms with E-state index < -0.39 is 7.37 Å². The van der Waals surface area contributed by atoms with Gasteiger partial charge in [0.05, 0.1) is 5.30 Å². The summed E-state index contributed by atoms with van der Waals surface area (Å²) >= 11 is 0. The Morgan fingerprint density at radius 3 is 2.53 bits per heavy atom. The lowest BCUT2D eigenvalue weighted by molar-refractivity contribution is -0.127. The van der Waals surface area contributed by atoms with Crippen LogP contribution in [0.3, 0.4) is 0 Å². The number of benzene rings is 2. The zero-order valence-corrected chi connectivity index (χ0v) is 10.9. The van der Waals surface area contributed by atoms with Crippen molar-refractivity contribution in [1.82, 2.24) is 0 Å². The molecule has 1 aliphatic rings. The predicted octanol–water partition coefficient (Wildman–Crippen LogP) is 2.78. The second-order valence-corrected chi connectivity index (χ2v) is 6.44. The van der Waals surface area contributed by atoms with Crippen LogP contribution in [0.25, 0.3) is 11.1 Å². The quantitative estimate of drug-likeness (QED) is 0.638. The molecule has 0 saturated heterocycles. The first-order valence-corrected chi connectivity index (χ1v) is 7.58. The first-order chi connectivity index (χ1) is 9.24. The summed E-state index contributed by atoms with van der Waals surface area (Å²) in [7, 11) is -3.21. The maximum atomic E-state index is 12.9. The minimum Gasteiger partial charge on any atom is -0.456 e. The maximum absolute atomic E-state index is 12.9. The molecule has 1 aliphatic heterocycles. The molecule has 1 heterocycles. The molecule has 0 radical (unpaired) electrons.